The first-order chi connectivity index (χ1) is 4.25. The number of amides is 1. The largest absolute Gasteiger partial charge is 0.359 e. The van der Waals surface area contributed by atoms with Gasteiger partial charge in [0, 0.05) is 14.1 Å². The first kappa shape index (κ1) is 9.23. The number of aliphatic imine (C=N–C) groups is 1. The Labute approximate surface area is 65.7 Å². The molecule has 1 amide bonds. The maximum absolute atomic E-state index is 10.7. The number of carbonyl (C=O) groups excluding carboxylic acids is 1. The lowest BCUT2D eigenvalue weighted by Gasteiger charge is -2.09. The molecule has 0 fully saturated rings. The molecule has 0 saturated carbocycles. The molecule has 0 spiro atoms. The summed E-state index contributed by atoms with van der Waals surface area (Å²) in [7, 11) is 3.44. The first-order valence-corrected chi connectivity index (χ1v) is 2.74. The number of halogens is 1. The lowest BCUT2D eigenvalue weighted by Crippen LogP contribution is -2.35. The minimum absolute atomic E-state index is 0. The Morgan fingerprint density at radius 2 is 2.30 bits per heavy atom. The van der Waals surface area contributed by atoms with Gasteiger partial charge in [-0.2, -0.15) is 0 Å². The molecule has 0 aromatic carbocycles. The van der Waals surface area contributed by atoms with Crippen molar-refractivity contribution in [3.05, 3.63) is 0 Å². The second-order valence-electron chi connectivity index (χ2n) is 1.84. The molecule has 5 heteroatoms. The van der Waals surface area contributed by atoms with Crippen molar-refractivity contribution in [1.82, 2.24) is 10.2 Å². The van der Waals surface area contributed by atoms with E-state index in [1.807, 2.05) is 0 Å². The minimum Gasteiger partial charge on any atom is -0.359 e. The Morgan fingerprint density at radius 3 is 2.50 bits per heavy atom. The van der Waals surface area contributed by atoms with Crippen molar-refractivity contribution in [3.8, 4) is 0 Å². The molecule has 1 heterocycles. The van der Waals surface area contributed by atoms with Crippen LogP contribution in [0.2, 0.25) is 0 Å². The Balaban J connectivity index is 0.000000810. The van der Waals surface area contributed by atoms with E-state index in [0.29, 0.717) is 5.96 Å². The summed E-state index contributed by atoms with van der Waals surface area (Å²) in [6, 6.07) is 0. The smallest absolute Gasteiger partial charge is 0.250 e. The molecule has 0 saturated heterocycles. The lowest BCUT2D eigenvalue weighted by atomic mass is 10.6. The van der Waals surface area contributed by atoms with Crippen LogP contribution in [-0.2, 0) is 4.79 Å². The van der Waals surface area contributed by atoms with Gasteiger partial charge in [0.25, 0.3) is 5.91 Å². The van der Waals surface area contributed by atoms with Gasteiger partial charge in [0.05, 0.1) is 0 Å². The highest BCUT2D eigenvalue weighted by molar-refractivity contribution is 6.02. The molecule has 0 radical (unpaired) electrons. The minimum atomic E-state index is 0. The molecule has 1 rings (SSSR count). The lowest BCUT2D eigenvalue weighted by molar-refractivity contribution is -0.123. The number of likely N-dealkylation sites (N-methyl/N-ethyl adjacent to an activating group) is 1. The van der Waals surface area contributed by atoms with Crippen molar-refractivity contribution < 1.29 is 4.79 Å². The van der Waals surface area contributed by atoms with Crippen molar-refractivity contribution in [2.24, 2.45) is 4.99 Å². The number of hydrogen-bond donors (Lipinski definition) is 1. The zero-order valence-corrected chi connectivity index (χ0v) is 6.73. The summed E-state index contributed by atoms with van der Waals surface area (Å²) in [5.74, 6) is 0.694. The average molecular weight is 164 g/mol. The second-order valence-corrected chi connectivity index (χ2v) is 1.84. The predicted molar refractivity (Wildman–Crippen MR) is 41.4 cm³/mol. The van der Waals surface area contributed by atoms with Gasteiger partial charge < -0.3 is 5.32 Å². The Hall–Kier alpha value is -0.770. The van der Waals surface area contributed by atoms with Crippen LogP contribution in [0.3, 0.4) is 0 Å². The van der Waals surface area contributed by atoms with Gasteiger partial charge in [-0.3, -0.25) is 9.69 Å². The van der Waals surface area contributed by atoms with E-state index in [0.717, 1.165) is 0 Å². The highest BCUT2D eigenvalue weighted by Gasteiger charge is 2.18. The molecule has 4 nitrogen and oxygen atoms in total. The fraction of sp³-hybridized carbons (Fsp3) is 0.600. The van der Waals surface area contributed by atoms with E-state index in [-0.39, 0.29) is 24.9 Å². The van der Waals surface area contributed by atoms with Gasteiger partial charge in [0.2, 0.25) is 5.96 Å². The van der Waals surface area contributed by atoms with Crippen LogP contribution in [0.5, 0.6) is 0 Å². The van der Waals surface area contributed by atoms with Gasteiger partial charge in [0.1, 0.15) is 6.54 Å². The van der Waals surface area contributed by atoms with Crippen molar-refractivity contribution in [1.29, 1.82) is 0 Å². The van der Waals surface area contributed by atoms with Gasteiger partial charge >= 0.3 is 0 Å². The van der Waals surface area contributed by atoms with E-state index in [2.05, 4.69) is 10.3 Å². The standard InChI is InChI=1S/C5H9N3O.ClH/c1-6-5-7-3-4(9)8(5)2;/h3H2,1-2H3,(H,6,7);1H. The van der Waals surface area contributed by atoms with Gasteiger partial charge in [0.15, 0.2) is 0 Å². The zero-order chi connectivity index (χ0) is 6.85. The van der Waals surface area contributed by atoms with Crippen LogP contribution >= 0.6 is 12.4 Å². The predicted octanol–water partition coefficient (Wildman–Crippen LogP) is -0.544. The first-order valence-electron chi connectivity index (χ1n) is 2.74. The molecular weight excluding hydrogens is 154 g/mol. The molecule has 0 aromatic heterocycles. The normalized spacial score (nSPS) is 16.4. The summed E-state index contributed by atoms with van der Waals surface area (Å²) in [4.78, 5) is 16.1. The van der Waals surface area contributed by atoms with E-state index in [1.165, 1.54) is 4.90 Å². The highest BCUT2D eigenvalue weighted by Crippen LogP contribution is 1.95. The fourth-order valence-corrected chi connectivity index (χ4v) is 0.720. The van der Waals surface area contributed by atoms with Gasteiger partial charge in [-0.1, -0.05) is 0 Å². The Bertz CT molecular complexity index is 168. The van der Waals surface area contributed by atoms with Crippen LogP contribution in [0.4, 0.5) is 0 Å². The third kappa shape index (κ3) is 1.39. The van der Waals surface area contributed by atoms with Crippen LogP contribution < -0.4 is 5.32 Å². The molecule has 0 bridgehead atoms. The molecule has 10 heavy (non-hydrogen) atoms. The molecular formula is C5H10ClN3O. The van der Waals surface area contributed by atoms with Crippen molar-refractivity contribution in [2.45, 2.75) is 0 Å². The Kier molecular flexibility index (Phi) is 3.15. The van der Waals surface area contributed by atoms with Crippen LogP contribution in [0.1, 0.15) is 0 Å². The molecule has 0 aromatic rings. The second kappa shape index (κ2) is 3.41. The number of guanidine groups is 1. The summed E-state index contributed by atoms with van der Waals surface area (Å²) >= 11 is 0. The molecule has 1 N–H and O–H groups in total. The van der Waals surface area contributed by atoms with Crippen LogP contribution in [0.25, 0.3) is 0 Å². The third-order valence-corrected chi connectivity index (χ3v) is 1.28. The van der Waals surface area contributed by atoms with Crippen molar-refractivity contribution in [2.75, 3.05) is 20.6 Å². The quantitative estimate of drug-likeness (QED) is 0.521. The summed E-state index contributed by atoms with van der Waals surface area (Å²) in [6.45, 7) is 0.284. The summed E-state index contributed by atoms with van der Waals surface area (Å²) in [6.07, 6.45) is 0. The molecule has 0 atom stereocenters. The third-order valence-electron chi connectivity index (χ3n) is 1.28. The summed E-state index contributed by atoms with van der Waals surface area (Å²) in [5.41, 5.74) is 0. The topological polar surface area (TPSA) is 44.7 Å². The van der Waals surface area contributed by atoms with Crippen LogP contribution in [-0.4, -0.2) is 37.4 Å². The average Bonchev–Trinajstić information content (AvgIpc) is 2.15. The molecule has 0 aliphatic carbocycles. The highest BCUT2D eigenvalue weighted by atomic mass is 35.5. The summed E-state index contributed by atoms with van der Waals surface area (Å²) in [5, 5.41) is 2.80. The Morgan fingerprint density at radius 1 is 1.70 bits per heavy atom. The van der Waals surface area contributed by atoms with Crippen molar-refractivity contribution >= 4 is 24.3 Å². The molecule has 58 valence electrons. The van der Waals surface area contributed by atoms with E-state index < -0.39 is 0 Å². The van der Waals surface area contributed by atoms with Crippen LogP contribution in [0.15, 0.2) is 4.99 Å². The van der Waals surface area contributed by atoms with E-state index >= 15 is 0 Å². The number of carbonyl (C=O) groups is 1. The van der Waals surface area contributed by atoms with Gasteiger partial charge in [-0.05, 0) is 0 Å². The van der Waals surface area contributed by atoms with Gasteiger partial charge in [-0.15, -0.1) is 12.4 Å². The zero-order valence-electron chi connectivity index (χ0n) is 5.92. The molecule has 1 aliphatic rings. The summed E-state index contributed by atoms with van der Waals surface area (Å²) < 4.78 is 0. The molecule has 1 aliphatic heterocycles. The monoisotopic (exact) mass is 163 g/mol. The van der Waals surface area contributed by atoms with E-state index in [9.17, 15) is 4.79 Å². The van der Waals surface area contributed by atoms with Crippen LogP contribution in [0, 0.1) is 0 Å². The number of nitrogens with zero attached hydrogens (tertiary/aromatic N) is 2. The van der Waals surface area contributed by atoms with E-state index in [4.69, 9.17) is 0 Å². The number of rotatable bonds is 0. The van der Waals surface area contributed by atoms with E-state index in [1.54, 1.807) is 14.1 Å². The maximum Gasteiger partial charge on any atom is 0.250 e. The van der Waals surface area contributed by atoms with Gasteiger partial charge in [-0.25, -0.2) is 4.99 Å². The molecule has 0 unspecified atom stereocenters. The van der Waals surface area contributed by atoms with Crippen molar-refractivity contribution in [3.63, 3.8) is 0 Å². The number of hydrogen-bond acceptors (Lipinski definition) is 3. The SMILES string of the molecule is CNC1=NCC(=O)N1C.Cl. The fourth-order valence-electron chi connectivity index (χ4n) is 0.720. The number of nitrogens with one attached hydrogen (secondary N) is 1. The maximum atomic E-state index is 10.7.